The van der Waals surface area contributed by atoms with Gasteiger partial charge in [-0.25, -0.2) is 4.98 Å². The van der Waals surface area contributed by atoms with Crippen LogP contribution in [0.2, 0.25) is 0 Å². The standard InChI is InChI=1S/C39H58BrN5O5S/c1-26(28-14-16-29(17-15-28)34-27(2)41-25-51-34)42-37(49)32-23-31(46)24-45(32)38(50)35(39(3,4)5)43-36(48)30-18-21-44(22-19-30)33(47)13-11-9-7-6-8-10-12-20-40/h14-17,25-26,30-32,35,46H,6-13,18-24H2,1-5H3,(H,42,49)(H,43,48)/t26-,31+,32-,35+/m0/s1. The van der Waals surface area contributed by atoms with Crippen LogP contribution < -0.4 is 10.6 Å². The van der Waals surface area contributed by atoms with Crippen LogP contribution in [0.15, 0.2) is 29.8 Å². The molecule has 10 nitrogen and oxygen atoms in total. The molecule has 0 unspecified atom stereocenters. The summed E-state index contributed by atoms with van der Waals surface area (Å²) in [6.07, 6.45) is 8.99. The molecule has 51 heavy (non-hydrogen) atoms. The molecule has 0 aliphatic carbocycles. The lowest BCUT2D eigenvalue weighted by Crippen LogP contribution is -2.59. The number of amides is 4. The van der Waals surface area contributed by atoms with E-state index in [-0.39, 0.29) is 48.6 Å². The molecule has 1 aromatic carbocycles. The highest BCUT2D eigenvalue weighted by molar-refractivity contribution is 9.09. The number of aryl methyl sites for hydroxylation is 1. The second kappa shape index (κ2) is 19.3. The topological polar surface area (TPSA) is 132 Å². The fourth-order valence-electron chi connectivity index (χ4n) is 7.08. The number of benzene rings is 1. The minimum Gasteiger partial charge on any atom is -0.391 e. The summed E-state index contributed by atoms with van der Waals surface area (Å²) in [6.45, 7) is 10.6. The zero-order chi connectivity index (χ0) is 37.1. The predicted molar refractivity (Wildman–Crippen MR) is 206 cm³/mol. The summed E-state index contributed by atoms with van der Waals surface area (Å²) in [5.41, 5.74) is 4.15. The third kappa shape index (κ3) is 11.6. The maximum Gasteiger partial charge on any atom is 0.246 e. The van der Waals surface area contributed by atoms with Crippen molar-refractivity contribution < 1.29 is 24.3 Å². The maximum absolute atomic E-state index is 14.1. The smallest absolute Gasteiger partial charge is 0.246 e. The number of piperidine rings is 1. The molecular weight excluding hydrogens is 730 g/mol. The number of rotatable bonds is 16. The highest BCUT2D eigenvalue weighted by Crippen LogP contribution is 2.30. The van der Waals surface area contributed by atoms with Gasteiger partial charge in [0.1, 0.15) is 12.1 Å². The SMILES string of the molecule is Cc1ncsc1-c1ccc([C@H](C)NC(=O)[C@@H]2C[C@@H](O)CN2C(=O)[C@@H](NC(=O)C2CCN(C(=O)CCCCCCCCCBr)CC2)C(C)(C)C)cc1. The first-order chi connectivity index (χ1) is 24.3. The predicted octanol–water partition coefficient (Wildman–Crippen LogP) is 6.54. The van der Waals surface area contributed by atoms with Crippen LogP contribution in [0.3, 0.4) is 0 Å². The van der Waals surface area contributed by atoms with E-state index in [1.165, 1.54) is 30.6 Å². The molecule has 2 aromatic rings. The Morgan fingerprint density at radius 3 is 2.18 bits per heavy atom. The van der Waals surface area contributed by atoms with Crippen LogP contribution in [0, 0.1) is 18.3 Å². The number of aliphatic hydroxyl groups excluding tert-OH is 1. The first-order valence-corrected chi connectivity index (χ1v) is 20.7. The van der Waals surface area contributed by atoms with E-state index >= 15 is 0 Å². The lowest BCUT2D eigenvalue weighted by Gasteiger charge is -2.37. The Morgan fingerprint density at radius 2 is 1.59 bits per heavy atom. The summed E-state index contributed by atoms with van der Waals surface area (Å²) in [6, 6.07) is 5.93. The number of aliphatic hydroxyl groups is 1. The van der Waals surface area contributed by atoms with Crippen molar-refractivity contribution in [1.29, 1.82) is 0 Å². The van der Waals surface area contributed by atoms with Gasteiger partial charge >= 0.3 is 0 Å². The highest BCUT2D eigenvalue weighted by Gasteiger charge is 2.45. The summed E-state index contributed by atoms with van der Waals surface area (Å²) in [5, 5.41) is 17.8. The number of thiazole rings is 1. The van der Waals surface area contributed by atoms with Crippen molar-refractivity contribution in [2.75, 3.05) is 25.0 Å². The molecule has 3 N–H and O–H groups in total. The Labute approximate surface area is 316 Å². The number of halogens is 1. The minimum atomic E-state index is -0.884. The van der Waals surface area contributed by atoms with Crippen molar-refractivity contribution >= 4 is 50.9 Å². The van der Waals surface area contributed by atoms with Gasteiger partial charge in [-0.1, -0.05) is 93.1 Å². The van der Waals surface area contributed by atoms with Gasteiger partial charge in [0.25, 0.3) is 0 Å². The first-order valence-electron chi connectivity index (χ1n) is 18.7. The Bertz CT molecular complexity index is 1450. The monoisotopic (exact) mass is 787 g/mol. The number of carbonyl (C=O) groups is 4. The fourth-order valence-corrected chi connectivity index (χ4v) is 8.29. The third-order valence-corrected chi connectivity index (χ3v) is 11.8. The second-order valence-electron chi connectivity index (χ2n) is 15.4. The number of alkyl halides is 1. The first kappa shape index (κ1) is 40.9. The van der Waals surface area contributed by atoms with E-state index in [4.69, 9.17) is 0 Å². The van der Waals surface area contributed by atoms with E-state index in [2.05, 4.69) is 31.5 Å². The Hall–Kier alpha value is -2.83. The van der Waals surface area contributed by atoms with Crippen molar-refractivity contribution in [2.45, 2.75) is 129 Å². The van der Waals surface area contributed by atoms with Crippen molar-refractivity contribution in [3.05, 3.63) is 41.0 Å². The van der Waals surface area contributed by atoms with Gasteiger partial charge < -0.3 is 25.5 Å². The van der Waals surface area contributed by atoms with E-state index in [9.17, 15) is 24.3 Å². The molecule has 0 bridgehead atoms. The van der Waals surface area contributed by atoms with Crippen LogP contribution in [-0.2, 0) is 19.2 Å². The van der Waals surface area contributed by atoms with E-state index in [1.54, 1.807) is 11.3 Å². The number of nitrogens with zero attached hydrogens (tertiary/aromatic N) is 3. The molecule has 4 atom stereocenters. The van der Waals surface area contributed by atoms with E-state index in [0.29, 0.717) is 32.4 Å². The van der Waals surface area contributed by atoms with Gasteiger partial charge in [0.05, 0.1) is 28.2 Å². The lowest BCUT2D eigenvalue weighted by molar-refractivity contribution is -0.145. The van der Waals surface area contributed by atoms with Gasteiger partial charge in [0.15, 0.2) is 0 Å². The molecule has 4 rings (SSSR count). The van der Waals surface area contributed by atoms with E-state index in [1.807, 2.05) is 69.3 Å². The van der Waals surface area contributed by atoms with Crippen molar-refractivity contribution in [3.8, 4) is 10.4 Å². The number of likely N-dealkylation sites (tertiary alicyclic amines) is 2. The summed E-state index contributed by atoms with van der Waals surface area (Å²) in [7, 11) is 0. The molecule has 282 valence electrons. The fraction of sp³-hybridized carbons (Fsp3) is 0.667. The van der Waals surface area contributed by atoms with Crippen molar-refractivity contribution in [2.24, 2.45) is 11.3 Å². The van der Waals surface area contributed by atoms with Crippen molar-refractivity contribution in [3.63, 3.8) is 0 Å². The largest absolute Gasteiger partial charge is 0.391 e. The second-order valence-corrected chi connectivity index (χ2v) is 17.0. The molecule has 12 heteroatoms. The molecule has 2 fully saturated rings. The number of aromatic nitrogens is 1. The Kier molecular flexibility index (Phi) is 15.5. The average Bonchev–Trinajstić information content (AvgIpc) is 3.72. The number of carbonyl (C=O) groups excluding carboxylic acids is 4. The minimum absolute atomic E-state index is 0.0221. The number of hydrogen-bond donors (Lipinski definition) is 3. The van der Waals surface area contributed by atoms with Gasteiger partial charge in [-0.15, -0.1) is 11.3 Å². The van der Waals surface area contributed by atoms with Crippen LogP contribution in [0.25, 0.3) is 10.4 Å². The van der Waals surface area contributed by atoms with Crippen LogP contribution in [0.5, 0.6) is 0 Å². The third-order valence-electron chi connectivity index (χ3n) is 10.3. The maximum atomic E-state index is 14.1. The van der Waals surface area contributed by atoms with E-state index in [0.717, 1.165) is 46.3 Å². The Morgan fingerprint density at radius 1 is 0.961 bits per heavy atom. The average molecular weight is 789 g/mol. The van der Waals surface area contributed by atoms with E-state index < -0.39 is 23.6 Å². The van der Waals surface area contributed by atoms with Gasteiger partial charge in [-0.05, 0) is 56.1 Å². The lowest BCUT2D eigenvalue weighted by atomic mass is 9.84. The van der Waals surface area contributed by atoms with Gasteiger partial charge in [-0.2, -0.15) is 0 Å². The number of nitrogens with one attached hydrogen (secondary N) is 2. The number of hydrogen-bond acceptors (Lipinski definition) is 7. The summed E-state index contributed by atoms with van der Waals surface area (Å²) in [5.74, 6) is -1.06. The molecule has 2 saturated heterocycles. The van der Waals surface area contributed by atoms with Crippen LogP contribution in [-0.4, -0.2) is 86.7 Å². The molecule has 0 radical (unpaired) electrons. The zero-order valence-electron chi connectivity index (χ0n) is 31.1. The molecule has 1 aromatic heterocycles. The molecular formula is C39H58BrN5O5S. The number of β-amino-alcohol motifs (C(OH)–C–C–N with tert-alkyl or cyclic N) is 1. The molecule has 3 heterocycles. The van der Waals surface area contributed by atoms with Crippen LogP contribution >= 0.6 is 27.3 Å². The molecule has 4 amide bonds. The normalized spacial score (nSPS) is 19.5. The molecule has 2 aliphatic rings. The summed E-state index contributed by atoms with van der Waals surface area (Å²) < 4.78 is 0. The van der Waals surface area contributed by atoms with Gasteiger partial charge in [0, 0.05) is 43.7 Å². The molecule has 2 aliphatic heterocycles. The van der Waals surface area contributed by atoms with Crippen molar-refractivity contribution in [1.82, 2.24) is 25.4 Å². The molecule has 0 saturated carbocycles. The summed E-state index contributed by atoms with van der Waals surface area (Å²) >= 11 is 5.06. The Balaban J connectivity index is 1.29. The zero-order valence-corrected chi connectivity index (χ0v) is 33.5. The summed E-state index contributed by atoms with van der Waals surface area (Å²) in [4.78, 5) is 62.9. The quantitative estimate of drug-likeness (QED) is 0.131. The van der Waals surface area contributed by atoms with Gasteiger partial charge in [0.2, 0.25) is 23.6 Å². The highest BCUT2D eigenvalue weighted by atomic mass is 79.9. The van der Waals surface area contributed by atoms with Crippen LogP contribution in [0.4, 0.5) is 0 Å². The van der Waals surface area contributed by atoms with Crippen LogP contribution in [0.1, 0.15) is 116 Å². The van der Waals surface area contributed by atoms with Gasteiger partial charge in [-0.3, -0.25) is 19.2 Å². The molecule has 0 spiro atoms. The number of unbranched alkanes of at least 4 members (excludes halogenated alkanes) is 6.